The monoisotopic (exact) mass is 251 g/mol. The fourth-order valence-electron chi connectivity index (χ4n) is 1.61. The third kappa shape index (κ3) is 4.31. The standard InChI is InChI=1S/C13H21N3O2/c1-9(2)11-8-10(3)14-13(15-11)16(4)7-5-6-12(17)18/h8-9H,5-7H2,1-4H3,(H,17,18). The Balaban J connectivity index is 2.72. The largest absolute Gasteiger partial charge is 0.481 e. The van der Waals surface area contributed by atoms with Gasteiger partial charge >= 0.3 is 5.97 Å². The van der Waals surface area contributed by atoms with Crippen molar-refractivity contribution in [3.63, 3.8) is 0 Å². The normalized spacial score (nSPS) is 10.7. The van der Waals surface area contributed by atoms with Crippen LogP contribution in [0.1, 0.15) is 44.0 Å². The third-order valence-corrected chi connectivity index (χ3v) is 2.68. The van der Waals surface area contributed by atoms with Crippen molar-refractivity contribution in [2.45, 2.75) is 39.5 Å². The van der Waals surface area contributed by atoms with Gasteiger partial charge in [0.15, 0.2) is 0 Å². The Morgan fingerprint density at radius 2 is 2.11 bits per heavy atom. The van der Waals surface area contributed by atoms with Gasteiger partial charge in [-0.15, -0.1) is 0 Å². The Hall–Kier alpha value is -1.65. The molecule has 0 bridgehead atoms. The lowest BCUT2D eigenvalue weighted by molar-refractivity contribution is -0.137. The van der Waals surface area contributed by atoms with Crippen molar-refractivity contribution in [2.24, 2.45) is 0 Å². The Bertz CT molecular complexity index is 419. The summed E-state index contributed by atoms with van der Waals surface area (Å²) in [6, 6.07) is 1.99. The molecule has 1 rings (SSSR count). The minimum Gasteiger partial charge on any atom is -0.481 e. The van der Waals surface area contributed by atoms with Gasteiger partial charge < -0.3 is 10.0 Å². The van der Waals surface area contributed by atoms with E-state index in [-0.39, 0.29) is 6.42 Å². The zero-order chi connectivity index (χ0) is 13.7. The van der Waals surface area contributed by atoms with Crippen LogP contribution in [0, 0.1) is 6.92 Å². The molecule has 1 N–H and O–H groups in total. The Kier molecular flexibility index (Phi) is 5.07. The molecule has 0 aliphatic carbocycles. The Morgan fingerprint density at radius 1 is 1.44 bits per heavy atom. The molecule has 0 spiro atoms. The molecular weight excluding hydrogens is 230 g/mol. The number of hydrogen-bond donors (Lipinski definition) is 1. The highest BCUT2D eigenvalue weighted by Crippen LogP contribution is 2.16. The van der Waals surface area contributed by atoms with E-state index in [4.69, 9.17) is 5.11 Å². The zero-order valence-electron chi connectivity index (χ0n) is 11.5. The third-order valence-electron chi connectivity index (χ3n) is 2.68. The Morgan fingerprint density at radius 3 is 2.67 bits per heavy atom. The van der Waals surface area contributed by atoms with Crippen LogP contribution in [0.5, 0.6) is 0 Å². The minimum absolute atomic E-state index is 0.174. The highest BCUT2D eigenvalue weighted by atomic mass is 16.4. The van der Waals surface area contributed by atoms with Crippen molar-refractivity contribution in [2.75, 3.05) is 18.5 Å². The van der Waals surface area contributed by atoms with Gasteiger partial charge in [-0.05, 0) is 25.3 Å². The highest BCUT2D eigenvalue weighted by molar-refractivity contribution is 5.66. The van der Waals surface area contributed by atoms with Crippen molar-refractivity contribution >= 4 is 11.9 Å². The Labute approximate surface area is 108 Å². The maximum Gasteiger partial charge on any atom is 0.303 e. The van der Waals surface area contributed by atoms with Crippen LogP contribution in [-0.2, 0) is 4.79 Å². The van der Waals surface area contributed by atoms with E-state index in [0.717, 1.165) is 11.4 Å². The molecule has 0 atom stereocenters. The first-order valence-corrected chi connectivity index (χ1v) is 6.18. The van der Waals surface area contributed by atoms with Crippen LogP contribution in [-0.4, -0.2) is 34.6 Å². The predicted octanol–water partition coefficient (Wildman–Crippen LogP) is 2.21. The van der Waals surface area contributed by atoms with E-state index >= 15 is 0 Å². The number of hydrogen-bond acceptors (Lipinski definition) is 4. The number of aryl methyl sites for hydroxylation is 1. The molecule has 0 amide bonds. The maximum absolute atomic E-state index is 10.5. The first-order valence-electron chi connectivity index (χ1n) is 6.18. The van der Waals surface area contributed by atoms with Gasteiger partial charge in [0.2, 0.25) is 5.95 Å². The number of carbonyl (C=O) groups is 1. The van der Waals surface area contributed by atoms with Gasteiger partial charge in [-0.3, -0.25) is 4.79 Å². The van der Waals surface area contributed by atoms with E-state index in [2.05, 4.69) is 23.8 Å². The van der Waals surface area contributed by atoms with E-state index in [1.54, 1.807) is 0 Å². The average molecular weight is 251 g/mol. The molecule has 1 aromatic rings. The molecule has 1 heterocycles. The topological polar surface area (TPSA) is 66.3 Å². The van der Waals surface area contributed by atoms with Crippen molar-refractivity contribution < 1.29 is 9.90 Å². The molecule has 5 heteroatoms. The number of carboxylic acid groups (broad SMARTS) is 1. The molecule has 0 aromatic carbocycles. The fourth-order valence-corrected chi connectivity index (χ4v) is 1.61. The van der Waals surface area contributed by atoms with Gasteiger partial charge in [0, 0.05) is 31.4 Å². The number of aromatic nitrogens is 2. The molecule has 1 aromatic heterocycles. The van der Waals surface area contributed by atoms with Gasteiger partial charge in [0.25, 0.3) is 0 Å². The van der Waals surface area contributed by atoms with Crippen LogP contribution < -0.4 is 4.90 Å². The number of anilines is 1. The summed E-state index contributed by atoms with van der Waals surface area (Å²) in [4.78, 5) is 21.2. The second-order valence-electron chi connectivity index (χ2n) is 4.81. The summed E-state index contributed by atoms with van der Waals surface area (Å²) in [6.07, 6.45) is 0.771. The summed E-state index contributed by atoms with van der Waals surface area (Å²) in [7, 11) is 1.89. The molecular formula is C13H21N3O2. The first kappa shape index (κ1) is 14.4. The van der Waals surface area contributed by atoms with Crippen molar-refractivity contribution in [1.82, 2.24) is 9.97 Å². The average Bonchev–Trinajstić information content (AvgIpc) is 2.27. The molecule has 0 unspecified atom stereocenters. The van der Waals surface area contributed by atoms with E-state index in [9.17, 15) is 4.79 Å². The smallest absolute Gasteiger partial charge is 0.303 e. The number of rotatable bonds is 6. The van der Waals surface area contributed by atoms with Gasteiger partial charge in [-0.1, -0.05) is 13.8 Å². The minimum atomic E-state index is -0.767. The summed E-state index contributed by atoms with van der Waals surface area (Å²) < 4.78 is 0. The van der Waals surface area contributed by atoms with Crippen LogP contribution in [0.15, 0.2) is 6.07 Å². The van der Waals surface area contributed by atoms with E-state index in [1.807, 2.05) is 24.9 Å². The lowest BCUT2D eigenvalue weighted by atomic mass is 10.1. The molecule has 0 fully saturated rings. The van der Waals surface area contributed by atoms with Gasteiger partial charge in [0.1, 0.15) is 0 Å². The summed E-state index contributed by atoms with van der Waals surface area (Å²) in [5.74, 6) is 0.262. The van der Waals surface area contributed by atoms with E-state index in [1.165, 1.54) is 0 Å². The quantitative estimate of drug-likeness (QED) is 0.839. The van der Waals surface area contributed by atoms with Crippen molar-refractivity contribution in [1.29, 1.82) is 0 Å². The number of nitrogens with zero attached hydrogens (tertiary/aromatic N) is 3. The van der Waals surface area contributed by atoms with Crippen LogP contribution in [0.4, 0.5) is 5.95 Å². The summed E-state index contributed by atoms with van der Waals surface area (Å²) in [5, 5.41) is 8.61. The predicted molar refractivity (Wildman–Crippen MR) is 71.0 cm³/mol. The summed E-state index contributed by atoms with van der Waals surface area (Å²) in [6.45, 7) is 6.78. The molecule has 0 aliphatic heterocycles. The van der Waals surface area contributed by atoms with E-state index < -0.39 is 5.97 Å². The lowest BCUT2D eigenvalue weighted by Gasteiger charge is -2.18. The second kappa shape index (κ2) is 6.33. The first-order chi connectivity index (χ1) is 8.40. The van der Waals surface area contributed by atoms with Crippen LogP contribution >= 0.6 is 0 Å². The van der Waals surface area contributed by atoms with Crippen LogP contribution in [0.3, 0.4) is 0 Å². The van der Waals surface area contributed by atoms with Gasteiger partial charge in [-0.2, -0.15) is 0 Å². The molecule has 0 aliphatic rings. The SMILES string of the molecule is Cc1cc(C(C)C)nc(N(C)CCCC(=O)O)n1. The molecule has 100 valence electrons. The van der Waals surface area contributed by atoms with E-state index in [0.29, 0.717) is 24.8 Å². The molecule has 18 heavy (non-hydrogen) atoms. The van der Waals surface area contributed by atoms with Crippen molar-refractivity contribution in [3.05, 3.63) is 17.5 Å². The molecule has 5 nitrogen and oxygen atoms in total. The van der Waals surface area contributed by atoms with Gasteiger partial charge in [-0.25, -0.2) is 9.97 Å². The number of aliphatic carboxylic acids is 1. The molecule has 0 radical (unpaired) electrons. The van der Waals surface area contributed by atoms with Gasteiger partial charge in [0.05, 0.1) is 0 Å². The summed E-state index contributed by atoms with van der Waals surface area (Å²) >= 11 is 0. The number of carboxylic acids is 1. The highest BCUT2D eigenvalue weighted by Gasteiger charge is 2.09. The van der Waals surface area contributed by atoms with Crippen LogP contribution in [0.2, 0.25) is 0 Å². The van der Waals surface area contributed by atoms with Crippen LogP contribution in [0.25, 0.3) is 0 Å². The maximum atomic E-state index is 10.5. The fraction of sp³-hybridized carbons (Fsp3) is 0.615. The zero-order valence-corrected chi connectivity index (χ0v) is 11.5. The summed E-state index contributed by atoms with van der Waals surface area (Å²) in [5.41, 5.74) is 1.95. The van der Waals surface area contributed by atoms with Crippen molar-refractivity contribution in [3.8, 4) is 0 Å². The second-order valence-corrected chi connectivity index (χ2v) is 4.81. The molecule has 0 saturated heterocycles. The molecule has 0 saturated carbocycles. The lowest BCUT2D eigenvalue weighted by Crippen LogP contribution is -2.22.